The Morgan fingerprint density at radius 1 is 1.00 bits per heavy atom. The molecule has 0 bridgehead atoms. The van der Waals surface area contributed by atoms with E-state index in [1.165, 1.54) is 11.3 Å². The maximum Gasteiger partial charge on any atom is 0.241 e. The lowest BCUT2D eigenvalue weighted by Crippen LogP contribution is -2.52. The van der Waals surface area contributed by atoms with Crippen LogP contribution in [0.25, 0.3) is 0 Å². The molecule has 2 aromatic carbocycles. The summed E-state index contributed by atoms with van der Waals surface area (Å²) in [6.45, 7) is 7.09. The second kappa shape index (κ2) is 13.8. The summed E-state index contributed by atoms with van der Waals surface area (Å²) in [6.07, 6.45) is 0.823. The van der Waals surface area contributed by atoms with Crippen LogP contribution in [-0.2, 0) is 11.2 Å². The monoisotopic (exact) mass is 551 g/mol. The van der Waals surface area contributed by atoms with Crippen LogP contribution in [-0.4, -0.2) is 69.7 Å². The van der Waals surface area contributed by atoms with Gasteiger partial charge in [0.2, 0.25) is 5.91 Å². The minimum Gasteiger partial charge on any atom is -0.497 e. The van der Waals surface area contributed by atoms with Gasteiger partial charge in [-0.15, -0.1) is 24.0 Å². The maximum atomic E-state index is 12.2. The fourth-order valence-corrected chi connectivity index (χ4v) is 3.59. The Morgan fingerprint density at radius 2 is 1.69 bits per heavy atom. The number of amides is 1. The average molecular weight is 551 g/mol. The highest BCUT2D eigenvalue weighted by Crippen LogP contribution is 2.20. The number of methoxy groups -OCH3 is 1. The molecule has 1 fully saturated rings. The number of hydrogen-bond acceptors (Lipinski definition) is 4. The first-order valence-corrected chi connectivity index (χ1v) is 10.9. The van der Waals surface area contributed by atoms with Gasteiger partial charge in [0.05, 0.1) is 7.11 Å². The molecule has 2 aromatic rings. The molecule has 3 rings (SSSR count). The van der Waals surface area contributed by atoms with Gasteiger partial charge in [0.15, 0.2) is 5.96 Å². The SMILES string of the molecule is CCNC(=NCC(=O)NCCc1ccccc1)N1CCN(c2ccc(OC)cc2)CC1.I. The highest BCUT2D eigenvalue weighted by atomic mass is 127. The molecular weight excluding hydrogens is 517 g/mol. The van der Waals surface area contributed by atoms with Crippen LogP contribution in [0.4, 0.5) is 5.69 Å². The number of carbonyl (C=O) groups excluding carboxylic acids is 1. The fourth-order valence-electron chi connectivity index (χ4n) is 3.59. The lowest BCUT2D eigenvalue weighted by atomic mass is 10.1. The van der Waals surface area contributed by atoms with Crippen molar-refractivity contribution >= 4 is 41.5 Å². The van der Waals surface area contributed by atoms with Crippen molar-refractivity contribution in [2.24, 2.45) is 4.99 Å². The van der Waals surface area contributed by atoms with Crippen LogP contribution in [0.15, 0.2) is 59.6 Å². The largest absolute Gasteiger partial charge is 0.497 e. The minimum absolute atomic E-state index is 0. The van der Waals surface area contributed by atoms with Crippen LogP contribution in [0.3, 0.4) is 0 Å². The predicted octanol–water partition coefficient (Wildman–Crippen LogP) is 2.76. The molecule has 0 spiro atoms. The maximum absolute atomic E-state index is 12.2. The Kier molecular flexibility index (Phi) is 11.1. The van der Waals surface area contributed by atoms with Crippen molar-refractivity contribution in [2.45, 2.75) is 13.3 Å². The van der Waals surface area contributed by atoms with Gasteiger partial charge in [0, 0.05) is 45.0 Å². The molecule has 2 N–H and O–H groups in total. The van der Waals surface area contributed by atoms with Gasteiger partial charge in [-0.2, -0.15) is 0 Å². The van der Waals surface area contributed by atoms with Gasteiger partial charge in [-0.05, 0) is 43.2 Å². The summed E-state index contributed by atoms with van der Waals surface area (Å²) >= 11 is 0. The number of ether oxygens (including phenoxy) is 1. The molecule has 0 radical (unpaired) electrons. The van der Waals surface area contributed by atoms with E-state index in [1.807, 2.05) is 37.3 Å². The fraction of sp³-hybridized carbons (Fsp3) is 0.417. The van der Waals surface area contributed by atoms with E-state index in [1.54, 1.807) is 7.11 Å². The number of halogens is 1. The third-order valence-electron chi connectivity index (χ3n) is 5.30. The van der Waals surface area contributed by atoms with Crippen LogP contribution >= 0.6 is 24.0 Å². The molecule has 32 heavy (non-hydrogen) atoms. The van der Waals surface area contributed by atoms with Crippen molar-refractivity contribution in [3.05, 3.63) is 60.2 Å². The lowest BCUT2D eigenvalue weighted by molar-refractivity contribution is -0.119. The smallest absolute Gasteiger partial charge is 0.241 e. The molecule has 0 aromatic heterocycles. The van der Waals surface area contributed by atoms with Gasteiger partial charge in [-0.25, -0.2) is 4.99 Å². The van der Waals surface area contributed by atoms with Gasteiger partial charge in [-0.3, -0.25) is 4.79 Å². The summed E-state index contributed by atoms with van der Waals surface area (Å²) in [7, 11) is 1.68. The number of rotatable bonds is 8. The van der Waals surface area contributed by atoms with E-state index in [2.05, 4.69) is 49.7 Å². The molecule has 1 amide bonds. The number of carbonyl (C=O) groups is 1. The Morgan fingerprint density at radius 3 is 2.31 bits per heavy atom. The van der Waals surface area contributed by atoms with Crippen LogP contribution in [0, 0.1) is 0 Å². The Bertz CT molecular complexity index is 837. The quantitative estimate of drug-likeness (QED) is 0.300. The third-order valence-corrected chi connectivity index (χ3v) is 5.30. The second-order valence-corrected chi connectivity index (χ2v) is 7.43. The number of guanidine groups is 1. The number of anilines is 1. The van der Waals surface area contributed by atoms with Gasteiger partial charge in [-0.1, -0.05) is 30.3 Å². The summed E-state index contributed by atoms with van der Waals surface area (Å²) in [5.41, 5.74) is 2.41. The topological polar surface area (TPSA) is 69.2 Å². The summed E-state index contributed by atoms with van der Waals surface area (Å²) in [4.78, 5) is 21.4. The van der Waals surface area contributed by atoms with Gasteiger partial charge in [0.1, 0.15) is 12.3 Å². The summed E-state index contributed by atoms with van der Waals surface area (Å²) in [6, 6.07) is 18.3. The molecular formula is C24H34IN5O2. The number of nitrogens with zero attached hydrogens (tertiary/aromatic N) is 3. The van der Waals surface area contributed by atoms with E-state index in [-0.39, 0.29) is 36.4 Å². The van der Waals surface area contributed by atoms with E-state index in [9.17, 15) is 4.79 Å². The highest BCUT2D eigenvalue weighted by molar-refractivity contribution is 14.0. The van der Waals surface area contributed by atoms with E-state index in [0.29, 0.717) is 6.54 Å². The van der Waals surface area contributed by atoms with Crippen molar-refractivity contribution in [3.63, 3.8) is 0 Å². The molecule has 174 valence electrons. The summed E-state index contributed by atoms with van der Waals surface area (Å²) in [5.74, 6) is 1.62. The summed E-state index contributed by atoms with van der Waals surface area (Å²) < 4.78 is 5.24. The Balaban J connectivity index is 0.00000363. The zero-order valence-electron chi connectivity index (χ0n) is 18.9. The predicted molar refractivity (Wildman–Crippen MR) is 141 cm³/mol. The molecule has 0 atom stereocenters. The van der Waals surface area contributed by atoms with Crippen molar-refractivity contribution in [1.82, 2.24) is 15.5 Å². The van der Waals surface area contributed by atoms with Crippen molar-refractivity contribution in [2.75, 3.05) is 57.8 Å². The first-order chi connectivity index (χ1) is 15.2. The second-order valence-electron chi connectivity index (χ2n) is 7.43. The Labute approximate surface area is 208 Å². The van der Waals surface area contributed by atoms with Crippen LogP contribution in [0.2, 0.25) is 0 Å². The lowest BCUT2D eigenvalue weighted by Gasteiger charge is -2.37. The number of nitrogens with one attached hydrogen (secondary N) is 2. The van der Waals surface area contributed by atoms with E-state index in [4.69, 9.17) is 4.74 Å². The summed E-state index contributed by atoms with van der Waals surface area (Å²) in [5, 5.41) is 6.28. The van der Waals surface area contributed by atoms with Crippen LogP contribution in [0.1, 0.15) is 12.5 Å². The number of benzene rings is 2. The van der Waals surface area contributed by atoms with E-state index < -0.39 is 0 Å². The normalized spacial score (nSPS) is 13.9. The number of hydrogen-bond donors (Lipinski definition) is 2. The molecule has 0 saturated carbocycles. The average Bonchev–Trinajstić information content (AvgIpc) is 2.82. The number of aliphatic imine (C=N–C) groups is 1. The van der Waals surface area contributed by atoms with Gasteiger partial charge < -0.3 is 25.2 Å². The molecule has 1 aliphatic rings. The van der Waals surface area contributed by atoms with Crippen molar-refractivity contribution < 1.29 is 9.53 Å². The zero-order valence-corrected chi connectivity index (χ0v) is 21.2. The first-order valence-electron chi connectivity index (χ1n) is 10.9. The molecule has 1 saturated heterocycles. The third kappa shape index (κ3) is 7.89. The van der Waals surface area contributed by atoms with E-state index in [0.717, 1.165) is 50.9 Å². The van der Waals surface area contributed by atoms with Crippen molar-refractivity contribution in [3.8, 4) is 5.75 Å². The number of piperazine rings is 1. The molecule has 0 aliphatic carbocycles. The van der Waals surface area contributed by atoms with Crippen LogP contribution in [0.5, 0.6) is 5.75 Å². The van der Waals surface area contributed by atoms with Crippen molar-refractivity contribution in [1.29, 1.82) is 0 Å². The van der Waals surface area contributed by atoms with Gasteiger partial charge in [0.25, 0.3) is 0 Å². The first kappa shape index (κ1) is 25.8. The molecule has 1 aliphatic heterocycles. The molecule has 7 nitrogen and oxygen atoms in total. The minimum atomic E-state index is -0.0526. The Hall–Kier alpha value is -2.49. The zero-order chi connectivity index (χ0) is 21.9. The van der Waals surface area contributed by atoms with Gasteiger partial charge >= 0.3 is 0 Å². The highest BCUT2D eigenvalue weighted by Gasteiger charge is 2.20. The van der Waals surface area contributed by atoms with Crippen LogP contribution < -0.4 is 20.3 Å². The molecule has 8 heteroatoms. The molecule has 0 unspecified atom stereocenters. The standard InChI is InChI=1S/C24H33N5O2.HI/c1-3-25-24(27-19-23(30)26-14-13-20-7-5-4-6-8-20)29-17-15-28(16-18-29)21-9-11-22(31-2)12-10-21;/h4-12H,3,13-19H2,1-2H3,(H,25,27)(H,26,30);1H. The molecule has 1 heterocycles. The van der Waals surface area contributed by atoms with E-state index >= 15 is 0 Å².